The van der Waals surface area contributed by atoms with Crippen molar-refractivity contribution in [1.82, 2.24) is 14.9 Å². The lowest BCUT2D eigenvalue weighted by Gasteiger charge is -2.40. The van der Waals surface area contributed by atoms with E-state index >= 15 is 0 Å². The molecular formula is C32H28N4O5. The Hall–Kier alpha value is -4.78. The predicted molar refractivity (Wildman–Crippen MR) is 148 cm³/mol. The second kappa shape index (κ2) is 10.0. The van der Waals surface area contributed by atoms with E-state index in [1.165, 1.54) is 24.4 Å². The summed E-state index contributed by atoms with van der Waals surface area (Å²) in [4.78, 5) is 24.3. The third-order valence-electron chi connectivity index (χ3n) is 8.29. The van der Waals surface area contributed by atoms with E-state index in [9.17, 15) is 20.3 Å². The normalized spacial score (nSPS) is 25.9. The lowest BCUT2D eigenvalue weighted by atomic mass is 9.70. The van der Waals surface area contributed by atoms with Crippen molar-refractivity contribution in [3.63, 3.8) is 0 Å². The quantitative estimate of drug-likeness (QED) is 0.376. The molecule has 1 aliphatic carbocycles. The third kappa shape index (κ3) is 3.79. The van der Waals surface area contributed by atoms with Crippen molar-refractivity contribution in [2.24, 2.45) is 5.92 Å². The number of carbonyl (C=O) groups is 1. The Kier molecular flexibility index (Phi) is 6.45. The van der Waals surface area contributed by atoms with Crippen LogP contribution in [0.2, 0.25) is 0 Å². The molecule has 6 rings (SSSR count). The molecule has 9 nitrogen and oxygen atoms in total. The van der Waals surface area contributed by atoms with Crippen LogP contribution in [0.5, 0.6) is 11.5 Å². The van der Waals surface area contributed by atoms with Gasteiger partial charge in [-0.25, -0.2) is 0 Å². The second-order valence-corrected chi connectivity index (χ2v) is 10.4. The van der Waals surface area contributed by atoms with Crippen LogP contribution in [-0.2, 0) is 22.5 Å². The van der Waals surface area contributed by atoms with Gasteiger partial charge in [0.15, 0.2) is 11.2 Å². The number of aromatic nitrogens is 2. The van der Waals surface area contributed by atoms with Gasteiger partial charge in [-0.05, 0) is 34.9 Å². The molecule has 0 radical (unpaired) electrons. The largest absolute Gasteiger partial charge is 0.495 e. The number of ether oxygens (including phenoxy) is 2. The van der Waals surface area contributed by atoms with Crippen molar-refractivity contribution in [2.75, 3.05) is 14.2 Å². The number of hydrogen-bond donors (Lipinski definition) is 2. The molecule has 0 bridgehead atoms. The molecule has 206 valence electrons. The summed E-state index contributed by atoms with van der Waals surface area (Å²) < 4.78 is 12.3. The van der Waals surface area contributed by atoms with E-state index in [0.29, 0.717) is 16.7 Å². The van der Waals surface area contributed by atoms with Gasteiger partial charge >= 0.3 is 0 Å². The highest BCUT2D eigenvalue weighted by molar-refractivity contribution is 5.83. The molecule has 1 fully saturated rings. The van der Waals surface area contributed by atoms with Crippen LogP contribution in [0.4, 0.5) is 0 Å². The number of pyridine rings is 2. The van der Waals surface area contributed by atoms with E-state index < -0.39 is 29.1 Å². The number of methoxy groups -OCH3 is 1. The molecule has 2 aliphatic rings. The van der Waals surface area contributed by atoms with Crippen LogP contribution in [0, 0.1) is 17.2 Å². The molecule has 0 spiro atoms. The lowest BCUT2D eigenvalue weighted by Crippen LogP contribution is -2.52. The summed E-state index contributed by atoms with van der Waals surface area (Å²) in [5.41, 5.74) is -1.14. The standard InChI is InChI=1S/C32H28N4O5/c1-36(19-21-7-6-14-34-16-21)30(38)26-27(22-8-4-3-5-9-22)32(23-12-10-20(15-33)11-13-23)31(39,29(26)37)28-24(40-2)17-35-18-25(28)41-32/h3-14,16-18,26-27,29,37,39H,19H2,1-2H3/t26-,27-,29-,31+,32+/m1/s1. The van der Waals surface area contributed by atoms with Crippen molar-refractivity contribution in [1.29, 1.82) is 5.26 Å². The van der Waals surface area contributed by atoms with Crippen LogP contribution in [0.3, 0.4) is 0 Å². The summed E-state index contributed by atoms with van der Waals surface area (Å²) in [6, 6.07) is 21.7. The topological polar surface area (TPSA) is 129 Å². The Morgan fingerprint density at radius 2 is 1.83 bits per heavy atom. The smallest absolute Gasteiger partial charge is 0.229 e. The second-order valence-electron chi connectivity index (χ2n) is 10.4. The molecule has 1 amide bonds. The number of carbonyl (C=O) groups excluding carboxylic acids is 1. The molecule has 4 aromatic rings. The fourth-order valence-corrected chi connectivity index (χ4v) is 6.56. The first kappa shape index (κ1) is 26.4. The summed E-state index contributed by atoms with van der Waals surface area (Å²) in [7, 11) is 3.11. The number of fused-ring (bicyclic) bond motifs is 3. The minimum Gasteiger partial charge on any atom is -0.495 e. The van der Waals surface area contributed by atoms with Gasteiger partial charge in [-0.2, -0.15) is 5.26 Å². The Balaban J connectivity index is 1.60. The Morgan fingerprint density at radius 3 is 2.49 bits per heavy atom. The monoisotopic (exact) mass is 548 g/mol. The Morgan fingerprint density at radius 1 is 1.07 bits per heavy atom. The summed E-state index contributed by atoms with van der Waals surface area (Å²) in [6.07, 6.45) is 4.65. The zero-order valence-electron chi connectivity index (χ0n) is 22.5. The number of hydrogen-bond acceptors (Lipinski definition) is 8. The van der Waals surface area contributed by atoms with Crippen LogP contribution < -0.4 is 9.47 Å². The number of aliphatic hydroxyl groups excluding tert-OH is 1. The molecule has 2 aromatic carbocycles. The molecule has 2 aromatic heterocycles. The number of rotatable bonds is 6. The molecule has 3 heterocycles. The van der Waals surface area contributed by atoms with Crippen molar-refractivity contribution >= 4 is 5.91 Å². The molecular weight excluding hydrogens is 520 g/mol. The fraction of sp³-hybridized carbons (Fsp3) is 0.250. The predicted octanol–water partition coefficient (Wildman–Crippen LogP) is 3.27. The molecule has 5 atom stereocenters. The zero-order chi connectivity index (χ0) is 28.8. The van der Waals surface area contributed by atoms with E-state index in [4.69, 9.17) is 9.47 Å². The van der Waals surface area contributed by atoms with Gasteiger partial charge in [0.05, 0.1) is 42.6 Å². The fourth-order valence-electron chi connectivity index (χ4n) is 6.56. The van der Waals surface area contributed by atoms with E-state index in [1.54, 1.807) is 49.8 Å². The van der Waals surface area contributed by atoms with Crippen LogP contribution in [0.25, 0.3) is 0 Å². The number of benzene rings is 2. The van der Waals surface area contributed by atoms with Crippen LogP contribution in [0.15, 0.2) is 91.5 Å². The summed E-state index contributed by atoms with van der Waals surface area (Å²) in [6.45, 7) is 0.254. The number of nitrogens with zero attached hydrogens (tertiary/aromatic N) is 4. The first-order valence-electron chi connectivity index (χ1n) is 13.2. The number of aliphatic hydroxyl groups is 2. The van der Waals surface area contributed by atoms with E-state index in [2.05, 4.69) is 16.0 Å². The van der Waals surface area contributed by atoms with E-state index in [0.717, 1.165) is 5.56 Å². The maximum Gasteiger partial charge on any atom is 0.229 e. The minimum absolute atomic E-state index is 0.220. The zero-order valence-corrected chi connectivity index (χ0v) is 22.5. The van der Waals surface area contributed by atoms with Gasteiger partial charge < -0.3 is 24.6 Å². The average molecular weight is 549 g/mol. The van der Waals surface area contributed by atoms with Crippen LogP contribution in [-0.4, -0.2) is 51.2 Å². The van der Waals surface area contributed by atoms with Crippen LogP contribution >= 0.6 is 0 Å². The Labute approximate surface area is 237 Å². The molecule has 1 saturated carbocycles. The highest BCUT2D eigenvalue weighted by Crippen LogP contribution is 2.69. The third-order valence-corrected chi connectivity index (χ3v) is 8.29. The summed E-state index contributed by atoms with van der Waals surface area (Å²) >= 11 is 0. The van der Waals surface area contributed by atoms with Gasteiger partial charge in [0.25, 0.3) is 0 Å². The first-order valence-corrected chi connectivity index (χ1v) is 13.2. The summed E-state index contributed by atoms with van der Waals surface area (Å²) in [5.74, 6) is -1.87. The summed E-state index contributed by atoms with van der Waals surface area (Å²) in [5, 5.41) is 34.6. The van der Waals surface area contributed by atoms with E-state index in [1.807, 2.05) is 36.4 Å². The maximum atomic E-state index is 14.3. The van der Waals surface area contributed by atoms with Gasteiger partial charge in [-0.1, -0.05) is 48.5 Å². The lowest BCUT2D eigenvalue weighted by molar-refractivity contribution is -0.156. The molecule has 41 heavy (non-hydrogen) atoms. The van der Waals surface area contributed by atoms with Crippen LogP contribution in [0.1, 0.15) is 33.7 Å². The average Bonchev–Trinajstić information content (AvgIpc) is 3.40. The number of amides is 1. The van der Waals surface area contributed by atoms with Gasteiger partial charge in [0.1, 0.15) is 17.6 Å². The molecule has 2 N–H and O–H groups in total. The van der Waals surface area contributed by atoms with Crippen molar-refractivity contribution in [3.05, 3.63) is 119 Å². The molecule has 9 heteroatoms. The molecule has 1 aliphatic heterocycles. The highest BCUT2D eigenvalue weighted by atomic mass is 16.5. The van der Waals surface area contributed by atoms with Gasteiger partial charge in [-0.15, -0.1) is 0 Å². The van der Waals surface area contributed by atoms with Gasteiger partial charge in [0.2, 0.25) is 5.91 Å². The minimum atomic E-state index is -2.12. The first-order chi connectivity index (χ1) is 19.9. The Bertz CT molecular complexity index is 1630. The van der Waals surface area contributed by atoms with Crippen molar-refractivity contribution in [3.8, 4) is 17.6 Å². The van der Waals surface area contributed by atoms with Gasteiger partial charge in [0, 0.05) is 31.9 Å². The van der Waals surface area contributed by atoms with Crippen molar-refractivity contribution < 1.29 is 24.5 Å². The van der Waals surface area contributed by atoms with Crippen molar-refractivity contribution in [2.45, 2.75) is 29.8 Å². The maximum absolute atomic E-state index is 14.3. The highest BCUT2D eigenvalue weighted by Gasteiger charge is 2.78. The SMILES string of the molecule is COc1cncc2c1[C@]1(O)[C@H](O)[C@H](C(=O)N(C)Cc3cccnc3)[C@@H](c3ccccc3)[C@]1(c1ccc(C#N)cc1)O2. The van der Waals surface area contributed by atoms with Gasteiger partial charge in [-0.3, -0.25) is 14.8 Å². The van der Waals surface area contributed by atoms with E-state index in [-0.39, 0.29) is 29.5 Å². The molecule has 0 saturated heterocycles. The molecule has 0 unspecified atom stereocenters. The number of nitriles is 1.